The third-order valence-corrected chi connectivity index (χ3v) is 4.08. The number of nitrogens with zero attached hydrogens (tertiary/aromatic N) is 2. The van der Waals surface area contributed by atoms with Crippen LogP contribution in [0.3, 0.4) is 0 Å². The number of benzene rings is 1. The molecule has 2 aromatic rings. The van der Waals surface area contributed by atoms with E-state index in [1.165, 1.54) is 35.7 Å². The average Bonchev–Trinajstić information content (AvgIpc) is 2.87. The molecule has 1 saturated heterocycles. The molecule has 0 saturated carbocycles. The molecule has 3 heteroatoms. The normalized spacial score (nSPS) is 20.2. The van der Waals surface area contributed by atoms with E-state index in [9.17, 15) is 0 Å². The number of hydrogen-bond acceptors (Lipinski definition) is 3. The van der Waals surface area contributed by atoms with Gasteiger partial charge in [-0.05, 0) is 43.5 Å². The third kappa shape index (κ3) is 2.62. The SMILES string of the molecule is CNCC1CCCN1Cc1cccc2cnccc12. The first-order chi connectivity index (χ1) is 9.38. The van der Waals surface area contributed by atoms with Gasteiger partial charge >= 0.3 is 0 Å². The maximum atomic E-state index is 4.21. The van der Waals surface area contributed by atoms with Crippen LogP contribution >= 0.6 is 0 Å². The molecule has 1 aromatic carbocycles. The second-order valence-electron chi connectivity index (χ2n) is 5.34. The molecule has 1 aliphatic rings. The molecule has 0 spiro atoms. The molecule has 1 fully saturated rings. The van der Waals surface area contributed by atoms with Crippen molar-refractivity contribution < 1.29 is 0 Å². The lowest BCUT2D eigenvalue weighted by Gasteiger charge is -2.24. The van der Waals surface area contributed by atoms with Gasteiger partial charge in [-0.15, -0.1) is 0 Å². The molecule has 3 nitrogen and oxygen atoms in total. The summed E-state index contributed by atoms with van der Waals surface area (Å²) < 4.78 is 0. The van der Waals surface area contributed by atoms with Crippen LogP contribution in [0.1, 0.15) is 18.4 Å². The highest BCUT2D eigenvalue weighted by atomic mass is 15.2. The van der Waals surface area contributed by atoms with Gasteiger partial charge in [0.05, 0.1) is 0 Å². The van der Waals surface area contributed by atoms with Gasteiger partial charge in [0.2, 0.25) is 0 Å². The zero-order valence-electron chi connectivity index (χ0n) is 11.5. The number of rotatable bonds is 4. The van der Waals surface area contributed by atoms with Crippen LogP contribution in [0, 0.1) is 0 Å². The Labute approximate surface area is 114 Å². The quantitative estimate of drug-likeness (QED) is 0.909. The number of aromatic nitrogens is 1. The van der Waals surface area contributed by atoms with E-state index in [-0.39, 0.29) is 0 Å². The molecule has 1 atom stereocenters. The van der Waals surface area contributed by atoms with Crippen molar-refractivity contribution >= 4 is 10.8 Å². The molecule has 0 bridgehead atoms. The predicted octanol–water partition coefficient (Wildman–Crippen LogP) is 2.42. The Bertz CT molecular complexity index is 547. The minimum absolute atomic E-state index is 0.682. The number of hydrogen-bond donors (Lipinski definition) is 1. The van der Waals surface area contributed by atoms with Gasteiger partial charge in [0, 0.05) is 36.9 Å². The topological polar surface area (TPSA) is 28.2 Å². The lowest BCUT2D eigenvalue weighted by molar-refractivity contribution is 0.243. The van der Waals surface area contributed by atoms with E-state index in [4.69, 9.17) is 0 Å². The van der Waals surface area contributed by atoms with Crippen LogP contribution in [0.25, 0.3) is 10.8 Å². The average molecular weight is 255 g/mol. The molecule has 1 aromatic heterocycles. The molecule has 2 heterocycles. The van der Waals surface area contributed by atoms with E-state index in [0.29, 0.717) is 6.04 Å². The number of nitrogens with one attached hydrogen (secondary N) is 1. The molecule has 0 aliphatic carbocycles. The lowest BCUT2D eigenvalue weighted by Crippen LogP contribution is -2.36. The molecule has 19 heavy (non-hydrogen) atoms. The van der Waals surface area contributed by atoms with Crippen LogP contribution in [0.4, 0.5) is 0 Å². The fourth-order valence-corrected chi connectivity index (χ4v) is 3.12. The van der Waals surface area contributed by atoms with E-state index in [1.54, 1.807) is 0 Å². The van der Waals surface area contributed by atoms with Crippen LogP contribution < -0.4 is 5.32 Å². The molecule has 1 N–H and O–H groups in total. The Morgan fingerprint density at radius 1 is 1.37 bits per heavy atom. The summed E-state index contributed by atoms with van der Waals surface area (Å²) in [4.78, 5) is 6.81. The fraction of sp³-hybridized carbons (Fsp3) is 0.438. The van der Waals surface area contributed by atoms with Crippen LogP contribution in [0.5, 0.6) is 0 Å². The number of likely N-dealkylation sites (N-methyl/N-ethyl adjacent to an activating group) is 1. The smallest absolute Gasteiger partial charge is 0.0346 e. The lowest BCUT2D eigenvalue weighted by atomic mass is 10.1. The highest BCUT2D eigenvalue weighted by Gasteiger charge is 2.23. The largest absolute Gasteiger partial charge is 0.318 e. The second-order valence-corrected chi connectivity index (χ2v) is 5.34. The number of likely N-dealkylation sites (tertiary alicyclic amines) is 1. The highest BCUT2D eigenvalue weighted by Crippen LogP contribution is 2.23. The first-order valence-corrected chi connectivity index (χ1v) is 7.09. The Kier molecular flexibility index (Phi) is 3.76. The van der Waals surface area contributed by atoms with Crippen molar-refractivity contribution in [1.29, 1.82) is 0 Å². The summed E-state index contributed by atoms with van der Waals surface area (Å²) in [6.45, 7) is 3.35. The fourth-order valence-electron chi connectivity index (χ4n) is 3.12. The van der Waals surface area contributed by atoms with Crippen LogP contribution in [-0.4, -0.2) is 36.1 Å². The van der Waals surface area contributed by atoms with Gasteiger partial charge in [-0.3, -0.25) is 9.88 Å². The summed E-state index contributed by atoms with van der Waals surface area (Å²) in [5, 5.41) is 5.89. The highest BCUT2D eigenvalue weighted by molar-refractivity contribution is 5.84. The van der Waals surface area contributed by atoms with E-state index < -0.39 is 0 Å². The number of fused-ring (bicyclic) bond motifs is 1. The minimum atomic E-state index is 0.682. The maximum Gasteiger partial charge on any atom is 0.0346 e. The van der Waals surface area contributed by atoms with E-state index in [2.05, 4.69) is 39.5 Å². The molecule has 0 radical (unpaired) electrons. The van der Waals surface area contributed by atoms with Gasteiger partial charge in [-0.2, -0.15) is 0 Å². The van der Waals surface area contributed by atoms with Gasteiger partial charge < -0.3 is 5.32 Å². The van der Waals surface area contributed by atoms with Crippen molar-refractivity contribution in [2.24, 2.45) is 0 Å². The van der Waals surface area contributed by atoms with Gasteiger partial charge in [-0.25, -0.2) is 0 Å². The van der Waals surface area contributed by atoms with Crippen molar-refractivity contribution in [3.05, 3.63) is 42.2 Å². The minimum Gasteiger partial charge on any atom is -0.318 e. The van der Waals surface area contributed by atoms with Crippen molar-refractivity contribution in [3.8, 4) is 0 Å². The predicted molar refractivity (Wildman–Crippen MR) is 79.1 cm³/mol. The summed E-state index contributed by atoms with van der Waals surface area (Å²) >= 11 is 0. The van der Waals surface area contributed by atoms with E-state index in [1.807, 2.05) is 19.4 Å². The van der Waals surface area contributed by atoms with Crippen molar-refractivity contribution in [3.63, 3.8) is 0 Å². The molecule has 3 rings (SSSR count). The van der Waals surface area contributed by atoms with Crippen LogP contribution in [-0.2, 0) is 6.54 Å². The molecule has 1 unspecified atom stereocenters. The zero-order valence-corrected chi connectivity index (χ0v) is 11.5. The van der Waals surface area contributed by atoms with Crippen molar-refractivity contribution in [2.75, 3.05) is 20.1 Å². The zero-order chi connectivity index (χ0) is 13.1. The van der Waals surface area contributed by atoms with Crippen LogP contribution in [0.15, 0.2) is 36.7 Å². The first-order valence-electron chi connectivity index (χ1n) is 7.09. The summed E-state index contributed by atoms with van der Waals surface area (Å²) in [5.74, 6) is 0. The van der Waals surface area contributed by atoms with E-state index >= 15 is 0 Å². The van der Waals surface area contributed by atoms with E-state index in [0.717, 1.165) is 13.1 Å². The molecule has 100 valence electrons. The van der Waals surface area contributed by atoms with Gasteiger partial charge in [0.1, 0.15) is 0 Å². The monoisotopic (exact) mass is 255 g/mol. The summed E-state index contributed by atoms with van der Waals surface area (Å²) in [5.41, 5.74) is 1.42. The Hall–Kier alpha value is -1.45. The molecule has 0 amide bonds. The standard InChI is InChI=1S/C16H21N3/c1-17-11-15-6-3-9-19(15)12-14-5-2-4-13-10-18-8-7-16(13)14/h2,4-5,7-8,10,15,17H,3,6,9,11-12H2,1H3. The van der Waals surface area contributed by atoms with Crippen molar-refractivity contribution in [1.82, 2.24) is 15.2 Å². The third-order valence-electron chi connectivity index (χ3n) is 4.08. The van der Waals surface area contributed by atoms with Crippen LogP contribution in [0.2, 0.25) is 0 Å². The van der Waals surface area contributed by atoms with Gasteiger partial charge in [0.25, 0.3) is 0 Å². The Morgan fingerprint density at radius 3 is 3.21 bits per heavy atom. The molecule has 1 aliphatic heterocycles. The summed E-state index contributed by atoms with van der Waals surface area (Å²) in [6.07, 6.45) is 6.47. The van der Waals surface area contributed by atoms with Gasteiger partial charge in [0.15, 0.2) is 0 Å². The Balaban J connectivity index is 1.85. The Morgan fingerprint density at radius 2 is 2.32 bits per heavy atom. The molecular formula is C16H21N3. The maximum absolute atomic E-state index is 4.21. The number of pyridine rings is 1. The first kappa shape index (κ1) is 12.6. The summed E-state index contributed by atoms with van der Waals surface area (Å²) in [6, 6.07) is 9.34. The molecular weight excluding hydrogens is 234 g/mol. The second kappa shape index (κ2) is 5.68. The van der Waals surface area contributed by atoms with Crippen molar-refractivity contribution in [2.45, 2.75) is 25.4 Å². The van der Waals surface area contributed by atoms with Gasteiger partial charge in [-0.1, -0.05) is 18.2 Å². The summed E-state index contributed by atoms with van der Waals surface area (Å²) in [7, 11) is 2.04.